The third kappa shape index (κ3) is 5.04. The molecule has 0 bridgehead atoms. The average Bonchev–Trinajstić information content (AvgIpc) is 3.10. The van der Waals surface area contributed by atoms with Crippen molar-refractivity contribution in [3.63, 3.8) is 0 Å². The second-order valence-electron chi connectivity index (χ2n) is 7.48. The van der Waals surface area contributed by atoms with Gasteiger partial charge in [0.05, 0.1) is 29.2 Å². The molecule has 14 heteroatoms. The smallest absolute Gasteiger partial charge is 0.425 e. The first kappa shape index (κ1) is 24.7. The zero-order valence-corrected chi connectivity index (χ0v) is 17.8. The summed E-state index contributed by atoms with van der Waals surface area (Å²) in [6, 6.07) is 2.66. The Hall–Kier alpha value is -2.90. The molecule has 0 saturated carbocycles. The fraction of sp³-hybridized carbons (Fsp3) is 0.421. The van der Waals surface area contributed by atoms with E-state index in [1.165, 1.54) is 0 Å². The first-order valence-electron chi connectivity index (χ1n) is 9.24. The number of hydrogen-bond donors (Lipinski definition) is 0. The van der Waals surface area contributed by atoms with Crippen molar-refractivity contribution in [1.29, 1.82) is 0 Å². The Morgan fingerprint density at radius 2 is 1.82 bits per heavy atom. The molecule has 2 aliphatic rings. The normalized spacial score (nSPS) is 20.2. The van der Waals surface area contributed by atoms with Gasteiger partial charge in [-0.15, -0.1) is 0 Å². The predicted octanol–water partition coefficient (Wildman–Crippen LogP) is 2.96. The molecule has 2 atom stereocenters. The molecule has 2 aliphatic heterocycles. The van der Waals surface area contributed by atoms with Gasteiger partial charge in [0.25, 0.3) is 5.91 Å². The van der Waals surface area contributed by atoms with Gasteiger partial charge in [0, 0.05) is 18.0 Å². The molecule has 3 rings (SSSR count). The number of nitrogens with zero attached hydrogens (tertiary/aromatic N) is 2. The molecule has 1 unspecified atom stereocenters. The van der Waals surface area contributed by atoms with Crippen LogP contribution in [0.4, 0.5) is 26.3 Å². The van der Waals surface area contributed by atoms with Gasteiger partial charge >= 0.3 is 12.4 Å². The number of alkyl halides is 6. The van der Waals surface area contributed by atoms with E-state index in [4.69, 9.17) is 4.74 Å². The first-order valence-corrected chi connectivity index (χ1v) is 11.1. The second kappa shape index (κ2) is 8.15. The van der Waals surface area contributed by atoms with Crippen LogP contribution in [0.1, 0.15) is 17.3 Å². The Balaban J connectivity index is 1.94. The summed E-state index contributed by atoms with van der Waals surface area (Å²) in [7, 11) is -3.87. The minimum atomic E-state index is -4.88. The Kier molecular flexibility index (Phi) is 6.11. The van der Waals surface area contributed by atoms with E-state index in [0.29, 0.717) is 13.1 Å². The molecule has 1 aromatic rings. The lowest BCUT2D eigenvalue weighted by Crippen LogP contribution is -2.36. The molecule has 0 fully saturated rings. The quantitative estimate of drug-likeness (QED) is 0.596. The third-order valence-corrected chi connectivity index (χ3v) is 6.12. The van der Waals surface area contributed by atoms with Crippen LogP contribution in [0.3, 0.4) is 0 Å². The highest BCUT2D eigenvalue weighted by Gasteiger charge is 2.48. The number of benzene rings is 1. The molecule has 0 radical (unpaired) electrons. The molecule has 0 saturated heterocycles. The van der Waals surface area contributed by atoms with E-state index >= 15 is 0 Å². The molecule has 0 N–H and O–H groups in total. The van der Waals surface area contributed by atoms with E-state index in [9.17, 15) is 44.3 Å². The lowest BCUT2D eigenvalue weighted by Gasteiger charge is -2.22. The summed E-state index contributed by atoms with van der Waals surface area (Å²) < 4.78 is 106. The minimum absolute atomic E-state index is 0.0840. The number of aliphatic imine (C=N–C) groups is 1. The summed E-state index contributed by atoms with van der Waals surface area (Å²) in [6.45, 7) is -0.286. The number of Topliss-reactive ketones (excluding diaryl/α,β-unsaturated/α-hetero) is 1. The number of amides is 1. The summed E-state index contributed by atoms with van der Waals surface area (Å²) in [4.78, 5) is 29.4. The standard InChI is InChI=1S/C19H16F6N2O5S/c1-9(18(20,21)22)32-15-4-3-10(33(2,30)31)5-11(15)17(29)27-7-12-14(8-27)26-6-13(16(12)28)19(23,24)25/h3-6,9,13H,7-8H2,1-2H3/t9-,13?/m0/s1. The number of carbonyl (C=O) groups excluding carboxylic acids is 2. The number of rotatable bonds is 4. The van der Waals surface area contributed by atoms with Crippen molar-refractivity contribution >= 4 is 27.7 Å². The van der Waals surface area contributed by atoms with Crippen LogP contribution in [-0.2, 0) is 14.6 Å². The Labute approximate surface area is 183 Å². The van der Waals surface area contributed by atoms with Gasteiger partial charge in [-0.05, 0) is 25.1 Å². The topological polar surface area (TPSA) is 93.1 Å². The minimum Gasteiger partial charge on any atom is -0.480 e. The SMILES string of the molecule is C[C@H](Oc1ccc(S(C)(=O)=O)cc1C(=O)N1CC2=C(C1)C(=O)C(C(F)(F)F)C=N2)C(F)(F)F. The lowest BCUT2D eigenvalue weighted by atomic mass is 9.95. The van der Waals surface area contributed by atoms with Crippen LogP contribution in [0.25, 0.3) is 0 Å². The number of ketones is 1. The highest BCUT2D eigenvalue weighted by Crippen LogP contribution is 2.36. The highest BCUT2D eigenvalue weighted by molar-refractivity contribution is 7.90. The summed E-state index contributed by atoms with van der Waals surface area (Å²) in [5.41, 5.74) is -0.990. The Morgan fingerprint density at radius 1 is 1.18 bits per heavy atom. The van der Waals surface area contributed by atoms with Gasteiger partial charge in [0.2, 0.25) is 0 Å². The highest BCUT2D eigenvalue weighted by atomic mass is 32.2. The molecule has 0 spiro atoms. The number of halogens is 6. The molecule has 2 heterocycles. The van der Waals surface area contributed by atoms with Gasteiger partial charge < -0.3 is 9.64 Å². The molecule has 180 valence electrons. The van der Waals surface area contributed by atoms with Gasteiger partial charge in [-0.25, -0.2) is 8.42 Å². The average molecular weight is 498 g/mol. The zero-order valence-electron chi connectivity index (χ0n) is 17.0. The van der Waals surface area contributed by atoms with E-state index in [1.807, 2.05) is 0 Å². The Bertz CT molecular complexity index is 1170. The van der Waals surface area contributed by atoms with Crippen LogP contribution >= 0.6 is 0 Å². The van der Waals surface area contributed by atoms with E-state index in [1.54, 1.807) is 0 Å². The first-order chi connectivity index (χ1) is 15.0. The summed E-state index contributed by atoms with van der Waals surface area (Å²) in [6.07, 6.45) is -10.8. The van der Waals surface area contributed by atoms with E-state index < -0.39 is 70.3 Å². The maximum atomic E-state index is 13.1. The van der Waals surface area contributed by atoms with Crippen LogP contribution in [0.5, 0.6) is 5.75 Å². The predicted molar refractivity (Wildman–Crippen MR) is 102 cm³/mol. The molecule has 33 heavy (non-hydrogen) atoms. The fourth-order valence-electron chi connectivity index (χ4n) is 3.19. The van der Waals surface area contributed by atoms with E-state index in [-0.39, 0.29) is 16.2 Å². The molecular formula is C19H16F6N2O5S. The van der Waals surface area contributed by atoms with Gasteiger partial charge in [0.1, 0.15) is 5.75 Å². The van der Waals surface area contributed by atoms with Crippen molar-refractivity contribution in [2.24, 2.45) is 10.9 Å². The van der Waals surface area contributed by atoms with E-state index in [2.05, 4.69) is 4.99 Å². The van der Waals surface area contributed by atoms with Gasteiger partial charge in [0.15, 0.2) is 27.6 Å². The van der Waals surface area contributed by atoms with Crippen LogP contribution in [-0.4, -0.2) is 69.0 Å². The largest absolute Gasteiger partial charge is 0.480 e. The van der Waals surface area contributed by atoms with Crippen molar-refractivity contribution in [2.45, 2.75) is 30.3 Å². The van der Waals surface area contributed by atoms with Crippen molar-refractivity contribution in [3.05, 3.63) is 35.0 Å². The van der Waals surface area contributed by atoms with Gasteiger partial charge in [-0.2, -0.15) is 26.3 Å². The summed E-state index contributed by atoms with van der Waals surface area (Å²) in [5.74, 6) is -5.36. The number of sulfone groups is 1. The molecule has 1 amide bonds. The van der Waals surface area contributed by atoms with E-state index in [0.717, 1.165) is 29.4 Å². The van der Waals surface area contributed by atoms with Crippen LogP contribution in [0, 0.1) is 5.92 Å². The summed E-state index contributed by atoms with van der Waals surface area (Å²) >= 11 is 0. The third-order valence-electron chi connectivity index (χ3n) is 5.01. The van der Waals surface area contributed by atoms with Crippen LogP contribution in [0.15, 0.2) is 39.4 Å². The van der Waals surface area contributed by atoms with Gasteiger partial charge in [-0.3, -0.25) is 14.6 Å². The monoisotopic (exact) mass is 498 g/mol. The van der Waals surface area contributed by atoms with Gasteiger partial charge in [-0.1, -0.05) is 0 Å². The molecule has 0 aromatic heterocycles. The van der Waals surface area contributed by atoms with Crippen molar-refractivity contribution in [1.82, 2.24) is 4.90 Å². The fourth-order valence-corrected chi connectivity index (χ4v) is 3.83. The molecule has 0 aliphatic carbocycles. The number of ether oxygens (including phenoxy) is 1. The zero-order chi connectivity index (χ0) is 24.9. The van der Waals surface area contributed by atoms with Crippen LogP contribution < -0.4 is 4.74 Å². The second-order valence-corrected chi connectivity index (χ2v) is 9.50. The van der Waals surface area contributed by atoms with Crippen molar-refractivity contribution in [2.75, 3.05) is 19.3 Å². The Morgan fingerprint density at radius 3 is 2.36 bits per heavy atom. The van der Waals surface area contributed by atoms with Crippen molar-refractivity contribution < 1.29 is 49.1 Å². The number of carbonyl (C=O) groups is 2. The maximum Gasteiger partial charge on any atom is 0.425 e. The maximum absolute atomic E-state index is 13.1. The van der Waals surface area contributed by atoms with Crippen molar-refractivity contribution in [3.8, 4) is 5.75 Å². The molecule has 7 nitrogen and oxygen atoms in total. The lowest BCUT2D eigenvalue weighted by molar-refractivity contribution is -0.189. The number of hydrogen-bond acceptors (Lipinski definition) is 6. The molecule has 1 aromatic carbocycles. The van der Waals surface area contributed by atoms with Crippen LogP contribution in [0.2, 0.25) is 0 Å². The molecular weight excluding hydrogens is 482 g/mol. The summed E-state index contributed by atoms with van der Waals surface area (Å²) in [5, 5.41) is 0.